The van der Waals surface area contributed by atoms with Gasteiger partial charge in [-0.2, -0.15) is 16.8 Å². The predicted molar refractivity (Wildman–Crippen MR) is 138 cm³/mol. The van der Waals surface area contributed by atoms with Crippen molar-refractivity contribution in [1.29, 1.82) is 0 Å². The van der Waals surface area contributed by atoms with Crippen molar-refractivity contribution in [2.75, 3.05) is 52.9 Å². The number of methoxy groups -OCH3 is 2. The maximum atomic E-state index is 10.9. The van der Waals surface area contributed by atoms with Crippen LogP contribution < -0.4 is 9.47 Å². The molecule has 14 nitrogen and oxygen atoms in total. The molecule has 0 unspecified atom stereocenters. The van der Waals surface area contributed by atoms with E-state index in [1.165, 1.54) is 38.3 Å². The Balaban J connectivity index is 0.00000684. The van der Waals surface area contributed by atoms with Crippen LogP contribution >= 0.6 is 0 Å². The average Bonchev–Trinajstić information content (AvgIpc) is 2.82. The molecular weight excluding hydrogens is 539 g/mol. The van der Waals surface area contributed by atoms with Gasteiger partial charge < -0.3 is 9.47 Å². The van der Waals surface area contributed by atoms with Crippen molar-refractivity contribution in [1.82, 2.24) is 10.0 Å². The van der Waals surface area contributed by atoms with Gasteiger partial charge in [-0.05, 0) is 35.4 Å². The molecule has 0 aliphatic rings. The van der Waals surface area contributed by atoms with Crippen molar-refractivity contribution in [3.8, 4) is 22.6 Å². The van der Waals surface area contributed by atoms with Gasteiger partial charge in [-0.1, -0.05) is 22.6 Å². The number of benzene rings is 2. The molecule has 0 fully saturated rings. The molecule has 0 atom stereocenters. The molecule has 0 heterocycles. The molecule has 199 valence electrons. The Morgan fingerprint density at radius 3 is 1.38 bits per heavy atom. The predicted octanol–water partition coefficient (Wildman–Crippen LogP) is 2.63. The zero-order valence-electron chi connectivity index (χ0n) is 21.1. The van der Waals surface area contributed by atoms with Gasteiger partial charge in [0.15, 0.2) is 0 Å². The SMILES string of the molecule is COc1cc(-c2ccc(N=NN(C)CCS(=O)(=O)O)c(OC)c2)ccc1N=NN(C)CCS(=O)(=O)O.[Na]. The van der Waals surface area contributed by atoms with Gasteiger partial charge in [0.25, 0.3) is 20.2 Å². The second kappa shape index (κ2) is 14.6. The molecule has 2 N–H and O–H groups in total. The summed E-state index contributed by atoms with van der Waals surface area (Å²) >= 11 is 0. The second-order valence-corrected chi connectivity index (χ2v) is 10.6. The van der Waals surface area contributed by atoms with E-state index in [0.717, 1.165) is 11.1 Å². The molecule has 0 bridgehead atoms. The number of hydrogen-bond donors (Lipinski definition) is 2. The maximum Gasteiger partial charge on any atom is 0.266 e. The van der Waals surface area contributed by atoms with Crippen molar-refractivity contribution >= 4 is 61.2 Å². The van der Waals surface area contributed by atoms with Crippen LogP contribution in [0.4, 0.5) is 11.4 Å². The zero-order valence-corrected chi connectivity index (χ0v) is 24.8. The largest absolute Gasteiger partial charge is 0.494 e. The fourth-order valence-corrected chi connectivity index (χ4v) is 3.70. The van der Waals surface area contributed by atoms with Crippen LogP contribution in [0.2, 0.25) is 0 Å². The normalized spacial score (nSPS) is 11.9. The molecular formula is C20H28N6NaO8S2. The topological polar surface area (TPSA) is 183 Å². The van der Waals surface area contributed by atoms with E-state index >= 15 is 0 Å². The van der Waals surface area contributed by atoms with Crippen LogP contribution in [0.25, 0.3) is 11.1 Å². The molecule has 2 aromatic rings. The molecule has 0 saturated heterocycles. The van der Waals surface area contributed by atoms with E-state index in [9.17, 15) is 16.8 Å². The molecule has 0 amide bonds. The van der Waals surface area contributed by atoms with Gasteiger partial charge in [-0.15, -0.1) is 10.2 Å². The summed E-state index contributed by atoms with van der Waals surface area (Å²) < 4.78 is 71.9. The van der Waals surface area contributed by atoms with Crippen molar-refractivity contribution in [3.05, 3.63) is 36.4 Å². The minimum absolute atomic E-state index is 0. The number of nitrogens with zero attached hydrogens (tertiary/aromatic N) is 6. The van der Waals surface area contributed by atoms with E-state index in [2.05, 4.69) is 20.7 Å². The first-order valence-electron chi connectivity index (χ1n) is 10.3. The molecule has 0 saturated carbocycles. The van der Waals surface area contributed by atoms with Crippen LogP contribution in [-0.4, -0.2) is 118 Å². The summed E-state index contributed by atoms with van der Waals surface area (Å²) in [6, 6.07) is 10.4. The maximum absolute atomic E-state index is 10.9. The standard InChI is InChI=1S/C20H28N6O8S2.Na/c1-25(9-11-35(27,28)29)23-21-17-7-5-15(13-19(17)33-3)16-6-8-18(20(14-16)34-4)22-24-26(2)10-12-36(30,31)32;/h5-8,13-14H,9-12H2,1-4H3,(H,27,28,29)(H,30,31,32);. The molecule has 0 aliphatic heterocycles. The third-order valence-electron chi connectivity index (χ3n) is 4.65. The Bertz CT molecular complexity index is 1220. The summed E-state index contributed by atoms with van der Waals surface area (Å²) in [7, 11) is -2.21. The number of hydrogen-bond acceptors (Lipinski definition) is 10. The fraction of sp³-hybridized carbons (Fsp3) is 0.400. The average molecular weight is 568 g/mol. The van der Waals surface area contributed by atoms with E-state index in [-0.39, 0.29) is 42.6 Å². The fourth-order valence-electron chi connectivity index (χ4n) is 2.71. The number of rotatable bonds is 13. The molecule has 17 heteroatoms. The van der Waals surface area contributed by atoms with E-state index in [4.69, 9.17) is 18.6 Å². The van der Waals surface area contributed by atoms with Gasteiger partial charge in [0.1, 0.15) is 22.9 Å². The molecule has 1 radical (unpaired) electrons. The van der Waals surface area contributed by atoms with Crippen LogP contribution in [-0.2, 0) is 20.2 Å². The first kappa shape index (κ1) is 32.7. The molecule has 0 spiro atoms. The Kier molecular flexibility index (Phi) is 12.9. The molecule has 2 aromatic carbocycles. The van der Waals surface area contributed by atoms with Crippen molar-refractivity contribution in [3.63, 3.8) is 0 Å². The van der Waals surface area contributed by atoms with Crippen molar-refractivity contribution < 1.29 is 35.4 Å². The van der Waals surface area contributed by atoms with E-state index in [1.807, 2.05) is 0 Å². The Hall–Kier alpha value is -2.34. The summed E-state index contributed by atoms with van der Waals surface area (Å²) in [4.78, 5) is 0. The third-order valence-corrected chi connectivity index (χ3v) is 6.05. The van der Waals surface area contributed by atoms with Crippen molar-refractivity contribution in [2.45, 2.75) is 0 Å². The smallest absolute Gasteiger partial charge is 0.266 e. The Labute approximate surface area is 238 Å². The van der Waals surface area contributed by atoms with Crippen LogP contribution in [0.1, 0.15) is 0 Å². The van der Waals surface area contributed by atoms with E-state index < -0.39 is 31.7 Å². The summed E-state index contributed by atoms with van der Waals surface area (Å²) in [5.41, 5.74) is 2.37. The molecule has 0 aliphatic carbocycles. The van der Waals surface area contributed by atoms with Crippen LogP contribution in [0.3, 0.4) is 0 Å². The minimum Gasteiger partial charge on any atom is -0.494 e. The molecule has 0 aromatic heterocycles. The first-order valence-corrected chi connectivity index (χ1v) is 13.6. The van der Waals surface area contributed by atoms with Gasteiger partial charge >= 0.3 is 0 Å². The summed E-state index contributed by atoms with van der Waals surface area (Å²) in [6.45, 7) is -0.0783. The molecule has 2 rings (SSSR count). The molecule has 37 heavy (non-hydrogen) atoms. The first-order chi connectivity index (χ1) is 16.8. The summed E-state index contributed by atoms with van der Waals surface area (Å²) in [5.74, 6) is -0.113. The summed E-state index contributed by atoms with van der Waals surface area (Å²) in [6.07, 6.45) is 0. The number of ether oxygens (including phenoxy) is 2. The zero-order chi connectivity index (χ0) is 26.9. The quantitative estimate of drug-likeness (QED) is 0.158. The van der Waals surface area contributed by atoms with Crippen LogP contribution in [0.5, 0.6) is 11.5 Å². The van der Waals surface area contributed by atoms with Gasteiger partial charge in [0.2, 0.25) is 0 Å². The van der Waals surface area contributed by atoms with Gasteiger partial charge in [0.05, 0.1) is 38.8 Å². The minimum atomic E-state index is -4.10. The van der Waals surface area contributed by atoms with E-state index in [0.29, 0.717) is 22.9 Å². The van der Waals surface area contributed by atoms with Gasteiger partial charge in [0, 0.05) is 43.7 Å². The summed E-state index contributed by atoms with van der Waals surface area (Å²) in [5, 5.41) is 18.5. The second-order valence-electron chi connectivity index (χ2n) is 7.49. The van der Waals surface area contributed by atoms with Gasteiger partial charge in [-0.3, -0.25) is 19.1 Å². The Morgan fingerprint density at radius 1 is 0.730 bits per heavy atom. The van der Waals surface area contributed by atoms with Crippen LogP contribution in [0, 0.1) is 0 Å². The third kappa shape index (κ3) is 11.7. The van der Waals surface area contributed by atoms with Gasteiger partial charge in [-0.25, -0.2) is 0 Å². The van der Waals surface area contributed by atoms with E-state index in [1.54, 1.807) is 36.4 Å². The van der Waals surface area contributed by atoms with Crippen molar-refractivity contribution in [2.24, 2.45) is 20.7 Å². The van der Waals surface area contributed by atoms with Crippen LogP contribution in [0.15, 0.2) is 57.1 Å². The Morgan fingerprint density at radius 2 is 1.08 bits per heavy atom. The monoisotopic (exact) mass is 567 g/mol.